The van der Waals surface area contributed by atoms with Crippen LogP contribution in [0, 0.1) is 10.1 Å². The molecule has 7 nitrogen and oxygen atoms in total. The van der Waals surface area contributed by atoms with E-state index in [2.05, 4.69) is 22.2 Å². The number of piperazine rings is 1. The highest BCUT2D eigenvalue weighted by Gasteiger charge is 2.17. The van der Waals surface area contributed by atoms with Crippen molar-refractivity contribution >= 4 is 29.0 Å². The van der Waals surface area contributed by atoms with E-state index in [1.54, 1.807) is 18.2 Å². The molecule has 0 unspecified atom stereocenters. The molecule has 3 rings (SSSR count). The van der Waals surface area contributed by atoms with E-state index in [9.17, 15) is 14.9 Å². The first-order valence-corrected chi connectivity index (χ1v) is 8.79. The summed E-state index contributed by atoms with van der Waals surface area (Å²) in [7, 11) is 2.10. The standard InChI is InChI=1S/C20H22N4O3/c1-22-11-13-23(14-12-22)19-8-3-2-7-18(19)21-20(25)10-9-16-5-4-6-17(15-16)24(26)27/h2-10,15H,11-14H2,1H3,(H,21,25)/b10-9+. The third-order valence-corrected chi connectivity index (χ3v) is 4.51. The molecule has 0 bridgehead atoms. The molecule has 0 aromatic heterocycles. The van der Waals surface area contributed by atoms with Crippen LogP contribution in [0.2, 0.25) is 0 Å². The summed E-state index contributed by atoms with van der Waals surface area (Å²) in [6.45, 7) is 3.78. The van der Waals surface area contributed by atoms with Gasteiger partial charge in [-0.15, -0.1) is 0 Å². The van der Waals surface area contributed by atoms with Crippen molar-refractivity contribution in [1.82, 2.24) is 4.90 Å². The number of nitrogens with zero attached hydrogens (tertiary/aromatic N) is 3. The maximum absolute atomic E-state index is 12.3. The number of hydrogen-bond acceptors (Lipinski definition) is 5. The van der Waals surface area contributed by atoms with Crippen molar-refractivity contribution in [2.45, 2.75) is 0 Å². The Bertz CT molecular complexity index is 858. The first-order chi connectivity index (χ1) is 13.0. The molecule has 140 valence electrons. The van der Waals surface area contributed by atoms with Gasteiger partial charge in [0.2, 0.25) is 5.91 Å². The van der Waals surface area contributed by atoms with Gasteiger partial charge in [0.25, 0.3) is 5.69 Å². The third kappa shape index (κ3) is 4.92. The molecule has 27 heavy (non-hydrogen) atoms. The van der Waals surface area contributed by atoms with Crippen molar-refractivity contribution in [2.75, 3.05) is 43.4 Å². The predicted molar refractivity (Wildman–Crippen MR) is 107 cm³/mol. The number of nitro groups is 1. The normalized spacial score (nSPS) is 15.1. The second-order valence-electron chi connectivity index (χ2n) is 6.48. The summed E-state index contributed by atoms with van der Waals surface area (Å²) in [5.74, 6) is -0.275. The zero-order chi connectivity index (χ0) is 19.2. The highest BCUT2D eigenvalue weighted by molar-refractivity contribution is 6.03. The van der Waals surface area contributed by atoms with Gasteiger partial charge in [-0.3, -0.25) is 14.9 Å². The number of non-ortho nitro benzene ring substituents is 1. The number of anilines is 2. The molecule has 0 spiro atoms. The maximum Gasteiger partial charge on any atom is 0.270 e. The number of carbonyl (C=O) groups is 1. The summed E-state index contributed by atoms with van der Waals surface area (Å²) in [6.07, 6.45) is 2.96. The van der Waals surface area contributed by atoms with Crippen LogP contribution in [-0.4, -0.2) is 49.0 Å². The van der Waals surface area contributed by atoms with Crippen molar-refractivity contribution in [3.05, 3.63) is 70.3 Å². The van der Waals surface area contributed by atoms with Gasteiger partial charge in [0.1, 0.15) is 0 Å². The van der Waals surface area contributed by atoms with Gasteiger partial charge in [-0.25, -0.2) is 0 Å². The van der Waals surface area contributed by atoms with Crippen LogP contribution in [0.3, 0.4) is 0 Å². The van der Waals surface area contributed by atoms with E-state index in [0.29, 0.717) is 5.56 Å². The van der Waals surface area contributed by atoms with Crippen molar-refractivity contribution in [3.8, 4) is 0 Å². The molecule has 7 heteroatoms. The van der Waals surface area contributed by atoms with Crippen LogP contribution < -0.4 is 10.2 Å². The quantitative estimate of drug-likeness (QED) is 0.500. The van der Waals surface area contributed by atoms with Gasteiger partial charge in [-0.2, -0.15) is 0 Å². The number of nitrogens with one attached hydrogen (secondary N) is 1. The van der Waals surface area contributed by atoms with E-state index in [4.69, 9.17) is 0 Å². The molecule has 0 radical (unpaired) electrons. The number of rotatable bonds is 5. The minimum Gasteiger partial charge on any atom is -0.367 e. The lowest BCUT2D eigenvalue weighted by Gasteiger charge is -2.35. The molecule has 1 fully saturated rings. The van der Waals surface area contributed by atoms with Crippen LogP contribution >= 0.6 is 0 Å². The van der Waals surface area contributed by atoms with Gasteiger partial charge in [0.05, 0.1) is 16.3 Å². The van der Waals surface area contributed by atoms with E-state index in [0.717, 1.165) is 37.6 Å². The van der Waals surface area contributed by atoms with Crippen molar-refractivity contribution in [3.63, 3.8) is 0 Å². The first kappa shape index (κ1) is 18.6. The van der Waals surface area contributed by atoms with Gasteiger partial charge in [-0.1, -0.05) is 24.3 Å². The van der Waals surface area contributed by atoms with Crippen LogP contribution in [0.15, 0.2) is 54.6 Å². The molecule has 0 saturated carbocycles. The van der Waals surface area contributed by atoms with Gasteiger partial charge in [-0.05, 0) is 30.8 Å². The number of nitro benzene ring substituents is 1. The summed E-state index contributed by atoms with van der Waals surface area (Å²) >= 11 is 0. The second-order valence-corrected chi connectivity index (χ2v) is 6.48. The maximum atomic E-state index is 12.3. The molecule has 1 saturated heterocycles. The van der Waals surface area contributed by atoms with Gasteiger partial charge < -0.3 is 15.1 Å². The molecule has 1 aliphatic heterocycles. The summed E-state index contributed by atoms with van der Waals surface area (Å²) < 4.78 is 0. The highest BCUT2D eigenvalue weighted by atomic mass is 16.6. The molecular weight excluding hydrogens is 344 g/mol. The van der Waals surface area contributed by atoms with Gasteiger partial charge in [0.15, 0.2) is 0 Å². The van der Waals surface area contributed by atoms with E-state index >= 15 is 0 Å². The second kappa shape index (κ2) is 8.46. The van der Waals surface area contributed by atoms with Crippen LogP contribution in [0.1, 0.15) is 5.56 Å². The third-order valence-electron chi connectivity index (χ3n) is 4.51. The molecule has 1 amide bonds. The van der Waals surface area contributed by atoms with Crippen molar-refractivity contribution < 1.29 is 9.72 Å². The summed E-state index contributed by atoms with van der Waals surface area (Å²) in [4.78, 5) is 27.3. The Morgan fingerprint density at radius 2 is 1.85 bits per heavy atom. The molecule has 0 aliphatic carbocycles. The monoisotopic (exact) mass is 366 g/mol. The molecule has 0 atom stereocenters. The number of carbonyl (C=O) groups excluding carboxylic acids is 1. The van der Waals surface area contributed by atoms with E-state index in [-0.39, 0.29) is 11.6 Å². The summed E-state index contributed by atoms with van der Waals surface area (Å²) in [5.41, 5.74) is 2.36. The minimum absolute atomic E-state index is 0.00188. The molecule has 1 N–H and O–H groups in total. The SMILES string of the molecule is CN1CCN(c2ccccc2NC(=O)/C=C/c2cccc([N+](=O)[O-])c2)CC1. The van der Waals surface area contributed by atoms with E-state index in [1.165, 1.54) is 18.2 Å². The Kier molecular flexibility index (Phi) is 5.83. The Balaban J connectivity index is 1.69. The van der Waals surface area contributed by atoms with Crippen molar-refractivity contribution in [2.24, 2.45) is 0 Å². The fraction of sp³-hybridized carbons (Fsp3) is 0.250. The van der Waals surface area contributed by atoms with Gasteiger partial charge >= 0.3 is 0 Å². The largest absolute Gasteiger partial charge is 0.367 e. The average molecular weight is 366 g/mol. The number of hydrogen-bond donors (Lipinski definition) is 1. The zero-order valence-corrected chi connectivity index (χ0v) is 15.2. The van der Waals surface area contributed by atoms with Crippen LogP contribution in [-0.2, 0) is 4.79 Å². The molecule has 2 aromatic carbocycles. The van der Waals surface area contributed by atoms with E-state index in [1.807, 2.05) is 24.3 Å². The van der Waals surface area contributed by atoms with Crippen LogP contribution in [0.5, 0.6) is 0 Å². The average Bonchev–Trinajstić information content (AvgIpc) is 2.68. The van der Waals surface area contributed by atoms with E-state index < -0.39 is 4.92 Å². The first-order valence-electron chi connectivity index (χ1n) is 8.79. The smallest absolute Gasteiger partial charge is 0.270 e. The predicted octanol–water partition coefficient (Wildman–Crippen LogP) is 3.00. The number of para-hydroxylation sites is 2. The Hall–Kier alpha value is -3.19. The summed E-state index contributed by atoms with van der Waals surface area (Å²) in [5, 5.41) is 13.7. The number of benzene rings is 2. The highest BCUT2D eigenvalue weighted by Crippen LogP contribution is 2.26. The lowest BCUT2D eigenvalue weighted by molar-refractivity contribution is -0.384. The fourth-order valence-corrected chi connectivity index (χ4v) is 2.99. The van der Waals surface area contributed by atoms with Crippen LogP contribution in [0.4, 0.5) is 17.1 Å². The van der Waals surface area contributed by atoms with Crippen molar-refractivity contribution in [1.29, 1.82) is 0 Å². The molecule has 1 heterocycles. The van der Waals surface area contributed by atoms with Crippen LogP contribution in [0.25, 0.3) is 6.08 Å². The summed E-state index contributed by atoms with van der Waals surface area (Å²) in [6, 6.07) is 13.9. The number of likely N-dealkylation sites (N-methyl/N-ethyl adjacent to an activating group) is 1. The topological polar surface area (TPSA) is 78.7 Å². The molecule has 2 aromatic rings. The number of amides is 1. The minimum atomic E-state index is -0.455. The Morgan fingerprint density at radius 1 is 1.11 bits per heavy atom. The fourth-order valence-electron chi connectivity index (χ4n) is 2.99. The molecular formula is C20H22N4O3. The molecule has 1 aliphatic rings. The zero-order valence-electron chi connectivity index (χ0n) is 15.2. The van der Waals surface area contributed by atoms with Gasteiger partial charge in [0, 0.05) is 44.4 Å². The Labute approximate surface area is 158 Å². The lowest BCUT2D eigenvalue weighted by Crippen LogP contribution is -2.44. The Morgan fingerprint density at radius 3 is 2.59 bits per heavy atom. The lowest BCUT2D eigenvalue weighted by atomic mass is 10.2.